The van der Waals surface area contributed by atoms with Gasteiger partial charge >= 0.3 is 0 Å². The number of hydrogen-bond donors (Lipinski definition) is 0. The number of nitrogens with zero attached hydrogens (tertiary/aromatic N) is 4. The zero-order chi connectivity index (χ0) is 33.5. The lowest BCUT2D eigenvalue weighted by molar-refractivity contribution is 0.667. The molecule has 0 atom stereocenters. The van der Waals surface area contributed by atoms with Crippen molar-refractivity contribution >= 4 is 75.3 Å². The van der Waals surface area contributed by atoms with E-state index in [4.69, 9.17) is 19.4 Å². The van der Waals surface area contributed by atoms with Gasteiger partial charge in [-0.3, -0.25) is 0 Å². The van der Waals surface area contributed by atoms with Crippen LogP contribution in [0.15, 0.2) is 162 Å². The molecular weight excluding hydrogens is 645 g/mol. The summed E-state index contributed by atoms with van der Waals surface area (Å²) in [7, 11) is 0. The fourth-order valence-corrected chi connectivity index (χ4v) is 8.76. The van der Waals surface area contributed by atoms with Crippen molar-refractivity contribution in [1.82, 2.24) is 19.5 Å². The largest absolute Gasteiger partial charge is 0.454 e. The molecule has 0 amide bonds. The first-order valence-corrected chi connectivity index (χ1v) is 17.8. The van der Waals surface area contributed by atoms with E-state index in [0.29, 0.717) is 17.5 Å². The summed E-state index contributed by atoms with van der Waals surface area (Å²) in [6.07, 6.45) is 0. The van der Waals surface area contributed by atoms with Gasteiger partial charge in [-0.05, 0) is 36.4 Å². The maximum atomic E-state index is 6.81. The molecule has 0 saturated carbocycles. The average molecular weight is 671 g/mol. The summed E-state index contributed by atoms with van der Waals surface area (Å²) in [5.74, 6) is 1.96. The molecule has 0 fully saturated rings. The summed E-state index contributed by atoms with van der Waals surface area (Å²) in [6.45, 7) is 0. The van der Waals surface area contributed by atoms with Crippen molar-refractivity contribution in [3.05, 3.63) is 158 Å². The quantitative estimate of drug-likeness (QED) is 0.187. The summed E-state index contributed by atoms with van der Waals surface area (Å²) in [5.41, 5.74) is 8.01. The molecule has 4 aromatic heterocycles. The third-order valence-corrected chi connectivity index (χ3v) is 11.1. The SMILES string of the molecule is c1ccc(-c2nc(-c3ccccc3)nc(-c3cccc4c3sc3cc5oc6c(-n7c8ccccc8c8ccccc87)cccc6c5cc34)n2)cc1. The number of furan rings is 1. The Kier molecular flexibility index (Phi) is 6.05. The van der Waals surface area contributed by atoms with Crippen LogP contribution in [0, 0.1) is 0 Å². The second kappa shape index (κ2) is 10.9. The second-order valence-electron chi connectivity index (χ2n) is 12.8. The topological polar surface area (TPSA) is 56.7 Å². The van der Waals surface area contributed by atoms with Crippen LogP contribution in [0.5, 0.6) is 0 Å². The van der Waals surface area contributed by atoms with Gasteiger partial charge in [-0.15, -0.1) is 11.3 Å². The van der Waals surface area contributed by atoms with Crippen LogP contribution in [0.3, 0.4) is 0 Å². The maximum Gasteiger partial charge on any atom is 0.165 e. The van der Waals surface area contributed by atoms with Crippen LogP contribution in [0.4, 0.5) is 0 Å². The molecule has 11 aromatic rings. The van der Waals surface area contributed by atoms with Crippen molar-refractivity contribution in [3.63, 3.8) is 0 Å². The van der Waals surface area contributed by atoms with Crippen LogP contribution in [0.1, 0.15) is 0 Å². The highest BCUT2D eigenvalue weighted by molar-refractivity contribution is 7.26. The van der Waals surface area contributed by atoms with E-state index in [1.54, 1.807) is 11.3 Å². The highest BCUT2D eigenvalue weighted by atomic mass is 32.1. The van der Waals surface area contributed by atoms with Gasteiger partial charge in [-0.2, -0.15) is 0 Å². The molecule has 4 heterocycles. The summed E-state index contributed by atoms with van der Waals surface area (Å²) < 4.78 is 11.4. The summed E-state index contributed by atoms with van der Waals surface area (Å²) in [4.78, 5) is 15.0. The van der Waals surface area contributed by atoms with Crippen LogP contribution < -0.4 is 0 Å². The van der Waals surface area contributed by atoms with E-state index in [1.807, 2.05) is 60.7 Å². The minimum absolute atomic E-state index is 0.653. The van der Waals surface area contributed by atoms with Gasteiger partial charge in [-0.25, -0.2) is 15.0 Å². The van der Waals surface area contributed by atoms with Crippen molar-refractivity contribution in [2.45, 2.75) is 0 Å². The highest BCUT2D eigenvalue weighted by Gasteiger charge is 2.20. The predicted molar refractivity (Wildman–Crippen MR) is 211 cm³/mol. The third kappa shape index (κ3) is 4.30. The number of hydrogen-bond acceptors (Lipinski definition) is 5. The Bertz CT molecular complexity index is 3030. The van der Waals surface area contributed by atoms with Gasteiger partial charge in [0.2, 0.25) is 0 Å². The smallest absolute Gasteiger partial charge is 0.165 e. The normalized spacial score (nSPS) is 11.9. The molecule has 0 aliphatic heterocycles. The van der Waals surface area contributed by atoms with Gasteiger partial charge in [0.15, 0.2) is 23.1 Å². The Morgan fingerprint density at radius 3 is 1.71 bits per heavy atom. The fraction of sp³-hybridized carbons (Fsp3) is 0. The molecule has 6 heteroatoms. The zero-order valence-corrected chi connectivity index (χ0v) is 27.9. The molecule has 0 N–H and O–H groups in total. The highest BCUT2D eigenvalue weighted by Crippen LogP contribution is 2.44. The molecule has 51 heavy (non-hydrogen) atoms. The molecule has 238 valence electrons. The molecule has 0 saturated heterocycles. The molecule has 0 aliphatic carbocycles. The number of fused-ring (bicyclic) bond motifs is 9. The number of para-hydroxylation sites is 3. The maximum absolute atomic E-state index is 6.81. The van der Waals surface area contributed by atoms with E-state index in [2.05, 4.69) is 102 Å². The molecule has 0 radical (unpaired) electrons. The Balaban J connectivity index is 1.12. The lowest BCUT2D eigenvalue weighted by Gasteiger charge is -2.09. The van der Waals surface area contributed by atoms with Gasteiger partial charge in [-0.1, -0.05) is 121 Å². The number of aromatic nitrogens is 4. The Morgan fingerprint density at radius 1 is 0.451 bits per heavy atom. The van der Waals surface area contributed by atoms with E-state index in [-0.39, 0.29) is 0 Å². The molecular formula is C45H26N4OS. The van der Waals surface area contributed by atoms with Gasteiger partial charge < -0.3 is 8.98 Å². The second-order valence-corrected chi connectivity index (χ2v) is 13.8. The van der Waals surface area contributed by atoms with E-state index < -0.39 is 0 Å². The minimum atomic E-state index is 0.653. The van der Waals surface area contributed by atoms with E-state index >= 15 is 0 Å². The van der Waals surface area contributed by atoms with Crippen LogP contribution >= 0.6 is 11.3 Å². The van der Waals surface area contributed by atoms with Crippen LogP contribution in [-0.4, -0.2) is 19.5 Å². The average Bonchev–Trinajstić information content (AvgIpc) is 3.86. The first-order valence-electron chi connectivity index (χ1n) is 16.9. The van der Waals surface area contributed by atoms with Gasteiger partial charge in [0.05, 0.1) is 16.7 Å². The number of benzene rings is 7. The first kappa shape index (κ1) is 28.2. The van der Waals surface area contributed by atoms with E-state index in [9.17, 15) is 0 Å². The number of rotatable bonds is 4. The summed E-state index contributed by atoms with van der Waals surface area (Å²) in [5, 5.41) is 7.02. The van der Waals surface area contributed by atoms with Crippen LogP contribution in [0.25, 0.3) is 104 Å². The monoisotopic (exact) mass is 670 g/mol. The van der Waals surface area contributed by atoms with E-state index in [0.717, 1.165) is 64.7 Å². The Hall–Kier alpha value is -6.63. The Labute approximate surface area is 295 Å². The van der Waals surface area contributed by atoms with Crippen molar-refractivity contribution in [3.8, 4) is 39.9 Å². The summed E-state index contributed by atoms with van der Waals surface area (Å²) >= 11 is 1.75. The van der Waals surface area contributed by atoms with Crippen LogP contribution in [0.2, 0.25) is 0 Å². The molecule has 0 spiro atoms. The van der Waals surface area contributed by atoms with E-state index in [1.165, 1.54) is 21.5 Å². The lowest BCUT2D eigenvalue weighted by atomic mass is 10.1. The van der Waals surface area contributed by atoms with Crippen molar-refractivity contribution in [2.24, 2.45) is 0 Å². The first-order chi connectivity index (χ1) is 25.3. The molecule has 11 rings (SSSR count). The van der Waals surface area contributed by atoms with Gasteiger partial charge in [0.1, 0.15) is 5.58 Å². The molecule has 5 nitrogen and oxygen atoms in total. The van der Waals surface area contributed by atoms with Crippen LogP contribution in [-0.2, 0) is 0 Å². The fourth-order valence-electron chi connectivity index (χ4n) is 7.54. The van der Waals surface area contributed by atoms with Gasteiger partial charge in [0, 0.05) is 58.4 Å². The Morgan fingerprint density at radius 2 is 1.02 bits per heavy atom. The third-order valence-electron chi connectivity index (χ3n) is 9.86. The standard InChI is InChI=1S/C45H26N4OS/c1-3-13-27(14-4-1)43-46-44(28-15-5-2-6-16-28)48-45(47-43)33-21-11-20-32-35-25-34-31-19-12-24-38(41(31)50-39(34)26-40(35)51-42(32)33)49-36-22-9-7-17-29(36)30-18-8-10-23-37(30)49/h1-26H. The molecule has 0 bridgehead atoms. The minimum Gasteiger partial charge on any atom is -0.454 e. The molecule has 0 aliphatic rings. The lowest BCUT2D eigenvalue weighted by Crippen LogP contribution is -2.00. The zero-order valence-electron chi connectivity index (χ0n) is 27.1. The molecule has 7 aromatic carbocycles. The van der Waals surface area contributed by atoms with Crippen molar-refractivity contribution in [1.29, 1.82) is 0 Å². The predicted octanol–water partition coefficient (Wildman–Crippen LogP) is 12.2. The van der Waals surface area contributed by atoms with Crippen molar-refractivity contribution < 1.29 is 4.42 Å². The summed E-state index contributed by atoms with van der Waals surface area (Å²) in [6, 6.07) is 54.8. The van der Waals surface area contributed by atoms with Crippen molar-refractivity contribution in [2.75, 3.05) is 0 Å². The van der Waals surface area contributed by atoms with Gasteiger partial charge in [0.25, 0.3) is 0 Å². The number of thiophene rings is 1. The molecule has 0 unspecified atom stereocenters.